The molecule has 1 N–H and O–H groups in total. The predicted molar refractivity (Wildman–Crippen MR) is 103 cm³/mol. The summed E-state index contributed by atoms with van der Waals surface area (Å²) in [5.74, 6) is 1.60. The van der Waals surface area contributed by atoms with E-state index in [4.69, 9.17) is 9.47 Å². The number of ether oxygens (including phenoxy) is 2. The normalized spacial score (nSPS) is 17.1. The summed E-state index contributed by atoms with van der Waals surface area (Å²) < 4.78 is 11.0. The zero-order valence-corrected chi connectivity index (χ0v) is 16.2. The molecule has 0 spiro atoms. The molecule has 0 radical (unpaired) electrons. The minimum Gasteiger partial charge on any atom is -0.493 e. The molecule has 134 valence electrons. The third kappa shape index (κ3) is 3.52. The maximum atomic E-state index is 5.54. The van der Waals surface area contributed by atoms with Gasteiger partial charge < -0.3 is 14.8 Å². The van der Waals surface area contributed by atoms with Gasteiger partial charge in [0.15, 0.2) is 11.5 Å². The summed E-state index contributed by atoms with van der Waals surface area (Å²) in [5, 5.41) is 3.69. The summed E-state index contributed by atoms with van der Waals surface area (Å²) >= 11 is 0. The van der Waals surface area contributed by atoms with Gasteiger partial charge in [0.05, 0.1) is 20.3 Å². The second-order valence-electron chi connectivity index (χ2n) is 7.93. The van der Waals surface area contributed by atoms with Gasteiger partial charge in [-0.2, -0.15) is 0 Å². The van der Waals surface area contributed by atoms with Gasteiger partial charge in [-0.3, -0.25) is 0 Å². The van der Waals surface area contributed by atoms with E-state index >= 15 is 0 Å². The molecule has 1 aliphatic heterocycles. The van der Waals surface area contributed by atoms with Crippen LogP contribution in [0.2, 0.25) is 0 Å². The number of hydrogen-bond donors (Lipinski definition) is 1. The zero-order valence-electron chi connectivity index (χ0n) is 16.2. The smallest absolute Gasteiger partial charge is 0.161 e. The third-order valence-electron chi connectivity index (χ3n) is 5.00. The lowest BCUT2D eigenvalue weighted by Gasteiger charge is -2.30. The van der Waals surface area contributed by atoms with Crippen molar-refractivity contribution in [3.63, 3.8) is 0 Å². The molecule has 0 bridgehead atoms. The highest BCUT2D eigenvalue weighted by Gasteiger charge is 2.25. The Bertz CT molecular complexity index is 774. The number of nitrogens with one attached hydrogen (secondary N) is 1. The average Bonchev–Trinajstić information content (AvgIpc) is 2.58. The standard InChI is InChI=1S/C22H29NO2/c1-14-9-16(11-17(10-14)22(2,3)4)21-18-13-20(25-6)19(24-5)12-15(18)7-8-23-21/h9-13,21,23H,7-8H2,1-6H3. The Kier molecular flexibility index (Phi) is 4.79. The highest BCUT2D eigenvalue weighted by molar-refractivity contribution is 5.52. The van der Waals surface area contributed by atoms with E-state index in [1.54, 1.807) is 14.2 Å². The van der Waals surface area contributed by atoms with Crippen molar-refractivity contribution in [2.45, 2.75) is 45.6 Å². The molecular weight excluding hydrogens is 310 g/mol. The topological polar surface area (TPSA) is 30.5 Å². The van der Waals surface area contributed by atoms with Crippen molar-refractivity contribution in [1.82, 2.24) is 5.32 Å². The van der Waals surface area contributed by atoms with E-state index in [1.807, 2.05) is 0 Å². The number of methoxy groups -OCH3 is 2. The van der Waals surface area contributed by atoms with Gasteiger partial charge in [0.25, 0.3) is 0 Å². The van der Waals surface area contributed by atoms with Crippen LogP contribution in [-0.2, 0) is 11.8 Å². The van der Waals surface area contributed by atoms with Crippen molar-refractivity contribution in [1.29, 1.82) is 0 Å². The van der Waals surface area contributed by atoms with Gasteiger partial charge in [-0.05, 0) is 53.1 Å². The molecule has 0 fully saturated rings. The second kappa shape index (κ2) is 6.72. The number of fused-ring (bicyclic) bond motifs is 1. The van der Waals surface area contributed by atoms with Gasteiger partial charge in [0, 0.05) is 6.54 Å². The maximum Gasteiger partial charge on any atom is 0.161 e. The molecule has 25 heavy (non-hydrogen) atoms. The molecule has 3 rings (SSSR count). The van der Waals surface area contributed by atoms with E-state index in [-0.39, 0.29) is 11.5 Å². The van der Waals surface area contributed by atoms with Gasteiger partial charge in [0.2, 0.25) is 0 Å². The van der Waals surface area contributed by atoms with Gasteiger partial charge in [-0.15, -0.1) is 0 Å². The van der Waals surface area contributed by atoms with Crippen LogP contribution in [0.1, 0.15) is 54.6 Å². The van der Waals surface area contributed by atoms with Crippen LogP contribution in [0, 0.1) is 6.92 Å². The number of aryl methyl sites for hydroxylation is 1. The first kappa shape index (κ1) is 17.8. The monoisotopic (exact) mass is 339 g/mol. The van der Waals surface area contributed by atoms with Crippen molar-refractivity contribution in [3.05, 3.63) is 58.1 Å². The van der Waals surface area contributed by atoms with Crippen LogP contribution >= 0.6 is 0 Å². The van der Waals surface area contributed by atoms with Crippen molar-refractivity contribution in [2.24, 2.45) is 0 Å². The van der Waals surface area contributed by atoms with E-state index < -0.39 is 0 Å². The molecule has 0 aromatic heterocycles. The molecule has 0 saturated heterocycles. The SMILES string of the molecule is COc1cc2c(cc1OC)C(c1cc(C)cc(C(C)(C)C)c1)NCC2. The minimum atomic E-state index is 0.135. The Balaban J connectivity index is 2.11. The van der Waals surface area contributed by atoms with Crippen molar-refractivity contribution < 1.29 is 9.47 Å². The van der Waals surface area contributed by atoms with Crippen LogP contribution in [0.4, 0.5) is 0 Å². The van der Waals surface area contributed by atoms with Gasteiger partial charge in [-0.1, -0.05) is 44.5 Å². The van der Waals surface area contributed by atoms with Gasteiger partial charge >= 0.3 is 0 Å². The fraction of sp³-hybridized carbons (Fsp3) is 0.455. The van der Waals surface area contributed by atoms with Crippen LogP contribution in [-0.4, -0.2) is 20.8 Å². The summed E-state index contributed by atoms with van der Waals surface area (Å²) in [6.45, 7) is 9.94. The lowest BCUT2D eigenvalue weighted by atomic mass is 9.82. The quantitative estimate of drug-likeness (QED) is 0.890. The fourth-order valence-corrected chi connectivity index (χ4v) is 3.59. The highest BCUT2D eigenvalue weighted by Crippen LogP contribution is 2.38. The molecule has 0 aliphatic carbocycles. The molecule has 3 heteroatoms. The molecule has 3 nitrogen and oxygen atoms in total. The van der Waals surface area contributed by atoms with E-state index in [9.17, 15) is 0 Å². The Hall–Kier alpha value is -2.00. The lowest BCUT2D eigenvalue weighted by Crippen LogP contribution is -2.31. The Morgan fingerprint density at radius 1 is 0.960 bits per heavy atom. The zero-order chi connectivity index (χ0) is 18.2. The van der Waals surface area contributed by atoms with E-state index in [0.29, 0.717) is 0 Å². The van der Waals surface area contributed by atoms with Crippen LogP contribution in [0.3, 0.4) is 0 Å². The molecule has 0 saturated carbocycles. The van der Waals surface area contributed by atoms with Crippen LogP contribution < -0.4 is 14.8 Å². The Morgan fingerprint density at radius 3 is 2.28 bits per heavy atom. The van der Waals surface area contributed by atoms with Crippen LogP contribution in [0.25, 0.3) is 0 Å². The molecule has 1 unspecified atom stereocenters. The third-order valence-corrected chi connectivity index (χ3v) is 5.00. The Morgan fingerprint density at radius 2 is 1.64 bits per heavy atom. The second-order valence-corrected chi connectivity index (χ2v) is 7.93. The van der Waals surface area contributed by atoms with Crippen LogP contribution in [0.15, 0.2) is 30.3 Å². The van der Waals surface area contributed by atoms with Gasteiger partial charge in [-0.25, -0.2) is 0 Å². The van der Waals surface area contributed by atoms with Crippen LogP contribution in [0.5, 0.6) is 11.5 Å². The molecule has 1 aliphatic rings. The lowest BCUT2D eigenvalue weighted by molar-refractivity contribution is 0.353. The van der Waals surface area contributed by atoms with E-state index in [0.717, 1.165) is 24.5 Å². The first-order valence-corrected chi connectivity index (χ1v) is 8.93. The van der Waals surface area contributed by atoms with Crippen molar-refractivity contribution in [2.75, 3.05) is 20.8 Å². The summed E-state index contributed by atoms with van der Waals surface area (Å²) in [6.07, 6.45) is 1.00. The molecule has 0 amide bonds. The number of benzene rings is 2. The summed E-state index contributed by atoms with van der Waals surface area (Å²) in [4.78, 5) is 0. The number of rotatable bonds is 3. The van der Waals surface area contributed by atoms with Crippen molar-refractivity contribution >= 4 is 0 Å². The number of hydrogen-bond acceptors (Lipinski definition) is 3. The summed E-state index contributed by atoms with van der Waals surface area (Å²) in [5.41, 5.74) is 6.75. The minimum absolute atomic E-state index is 0.135. The summed E-state index contributed by atoms with van der Waals surface area (Å²) in [7, 11) is 3.39. The maximum absolute atomic E-state index is 5.54. The van der Waals surface area contributed by atoms with E-state index in [1.165, 1.54) is 27.8 Å². The van der Waals surface area contributed by atoms with Gasteiger partial charge in [0.1, 0.15) is 0 Å². The largest absolute Gasteiger partial charge is 0.493 e. The van der Waals surface area contributed by atoms with E-state index in [2.05, 4.69) is 63.3 Å². The molecule has 1 heterocycles. The summed E-state index contributed by atoms with van der Waals surface area (Å²) in [6, 6.07) is 11.4. The molecular formula is C22H29NO2. The first-order valence-electron chi connectivity index (χ1n) is 8.93. The first-order chi connectivity index (χ1) is 11.8. The Labute approximate surface area is 151 Å². The molecule has 1 atom stereocenters. The average molecular weight is 339 g/mol. The predicted octanol–water partition coefficient (Wildman–Crippen LogP) is 4.54. The highest BCUT2D eigenvalue weighted by atomic mass is 16.5. The molecule has 2 aromatic rings. The van der Waals surface area contributed by atoms with Crippen molar-refractivity contribution in [3.8, 4) is 11.5 Å². The molecule has 2 aromatic carbocycles. The fourth-order valence-electron chi connectivity index (χ4n) is 3.59.